The van der Waals surface area contributed by atoms with Gasteiger partial charge in [-0.05, 0) is 38.3 Å². The average molecular weight is 283 g/mol. The Morgan fingerprint density at radius 1 is 1.20 bits per heavy atom. The van der Waals surface area contributed by atoms with Gasteiger partial charge in [-0.1, -0.05) is 34.6 Å². The van der Waals surface area contributed by atoms with Crippen LogP contribution in [0, 0.1) is 11.8 Å². The lowest BCUT2D eigenvalue weighted by Gasteiger charge is -2.27. The molecule has 4 heteroatoms. The highest BCUT2D eigenvalue weighted by Crippen LogP contribution is 2.21. The van der Waals surface area contributed by atoms with Crippen LogP contribution in [0.3, 0.4) is 0 Å². The Morgan fingerprint density at radius 2 is 1.80 bits per heavy atom. The van der Waals surface area contributed by atoms with E-state index in [1.807, 2.05) is 0 Å². The summed E-state index contributed by atoms with van der Waals surface area (Å²) in [6.45, 7) is 13.8. The number of carbonyl (C=O) groups is 1. The molecule has 1 amide bonds. The number of nitrogens with zero attached hydrogens (tertiary/aromatic N) is 2. The van der Waals surface area contributed by atoms with Gasteiger partial charge in [0.15, 0.2) is 0 Å². The molecule has 1 rings (SSSR count). The summed E-state index contributed by atoms with van der Waals surface area (Å²) >= 11 is 0. The fourth-order valence-electron chi connectivity index (χ4n) is 2.73. The fraction of sp³-hybridized carbons (Fsp3) is 0.938. The highest BCUT2D eigenvalue weighted by atomic mass is 16.2. The Balaban J connectivity index is 2.66. The standard InChI is InChI=1S/C16H33N3O/c1-7-18(6)8-9-19-15(11-13(4)5)17-14(16(19)20)10-12(2)3/h12-15,17H,7-11H2,1-6H3. The van der Waals surface area contributed by atoms with Crippen molar-refractivity contribution in [2.45, 2.75) is 59.7 Å². The van der Waals surface area contributed by atoms with Crippen LogP contribution in [0.15, 0.2) is 0 Å². The third kappa shape index (κ3) is 5.06. The molecule has 1 heterocycles. The van der Waals surface area contributed by atoms with Crippen LogP contribution in [0.1, 0.15) is 47.5 Å². The minimum Gasteiger partial charge on any atom is -0.325 e. The molecule has 0 aromatic heterocycles. The Morgan fingerprint density at radius 3 is 2.30 bits per heavy atom. The molecule has 1 N–H and O–H groups in total. The second-order valence-electron chi connectivity index (χ2n) is 6.92. The first kappa shape index (κ1) is 17.4. The van der Waals surface area contributed by atoms with E-state index in [-0.39, 0.29) is 12.2 Å². The maximum absolute atomic E-state index is 12.6. The molecule has 4 nitrogen and oxygen atoms in total. The van der Waals surface area contributed by atoms with Crippen molar-refractivity contribution >= 4 is 5.91 Å². The number of rotatable bonds is 8. The molecule has 0 aromatic carbocycles. The minimum atomic E-state index is 0.0192. The van der Waals surface area contributed by atoms with Gasteiger partial charge in [-0.15, -0.1) is 0 Å². The van der Waals surface area contributed by atoms with Crippen molar-refractivity contribution in [3.8, 4) is 0 Å². The monoisotopic (exact) mass is 283 g/mol. The molecule has 0 bridgehead atoms. The van der Waals surface area contributed by atoms with Crippen LogP contribution in [-0.2, 0) is 4.79 Å². The van der Waals surface area contributed by atoms with E-state index < -0.39 is 0 Å². The van der Waals surface area contributed by atoms with Gasteiger partial charge in [-0.2, -0.15) is 0 Å². The number of nitrogens with one attached hydrogen (secondary N) is 1. The molecule has 1 saturated heterocycles. The maximum Gasteiger partial charge on any atom is 0.241 e. The molecule has 2 atom stereocenters. The largest absolute Gasteiger partial charge is 0.325 e. The van der Waals surface area contributed by atoms with Gasteiger partial charge in [-0.3, -0.25) is 10.1 Å². The Hall–Kier alpha value is -0.610. The van der Waals surface area contributed by atoms with E-state index in [9.17, 15) is 4.79 Å². The van der Waals surface area contributed by atoms with E-state index in [0.717, 1.165) is 32.5 Å². The van der Waals surface area contributed by atoms with Crippen molar-refractivity contribution in [2.24, 2.45) is 11.8 Å². The molecule has 118 valence electrons. The molecule has 0 saturated carbocycles. The molecule has 2 unspecified atom stereocenters. The molecule has 0 aromatic rings. The zero-order valence-electron chi connectivity index (χ0n) is 14.1. The molecule has 0 spiro atoms. The van der Waals surface area contributed by atoms with Crippen LogP contribution in [0.2, 0.25) is 0 Å². The van der Waals surface area contributed by atoms with Crippen molar-refractivity contribution < 1.29 is 4.79 Å². The summed E-state index contributed by atoms with van der Waals surface area (Å²) in [5, 5.41) is 3.55. The van der Waals surface area contributed by atoms with Gasteiger partial charge in [0.2, 0.25) is 5.91 Å². The molecule has 0 aliphatic carbocycles. The van der Waals surface area contributed by atoms with Gasteiger partial charge in [-0.25, -0.2) is 0 Å². The van der Waals surface area contributed by atoms with Crippen molar-refractivity contribution in [3.05, 3.63) is 0 Å². The molecule has 1 aliphatic heterocycles. The Labute approximate surface area is 124 Å². The van der Waals surface area contributed by atoms with Crippen LogP contribution in [0.4, 0.5) is 0 Å². The predicted molar refractivity (Wildman–Crippen MR) is 84.5 cm³/mol. The quantitative estimate of drug-likeness (QED) is 0.741. The molecule has 1 fully saturated rings. The summed E-state index contributed by atoms with van der Waals surface area (Å²) in [5.74, 6) is 1.45. The van der Waals surface area contributed by atoms with Crippen LogP contribution in [-0.4, -0.2) is 54.6 Å². The van der Waals surface area contributed by atoms with Crippen molar-refractivity contribution in [3.63, 3.8) is 0 Å². The SMILES string of the molecule is CCN(C)CCN1C(=O)C(CC(C)C)NC1CC(C)C. The van der Waals surface area contributed by atoms with Gasteiger partial charge in [0.05, 0.1) is 12.2 Å². The van der Waals surface area contributed by atoms with Crippen LogP contribution >= 0.6 is 0 Å². The lowest BCUT2D eigenvalue weighted by atomic mass is 10.0. The molecular formula is C16H33N3O. The average Bonchev–Trinajstić information content (AvgIpc) is 2.61. The van der Waals surface area contributed by atoms with Crippen LogP contribution in [0.5, 0.6) is 0 Å². The zero-order valence-corrected chi connectivity index (χ0v) is 14.1. The fourth-order valence-corrected chi connectivity index (χ4v) is 2.73. The minimum absolute atomic E-state index is 0.0192. The first-order chi connectivity index (χ1) is 9.35. The van der Waals surface area contributed by atoms with E-state index in [0.29, 0.717) is 17.7 Å². The predicted octanol–water partition coefficient (Wildman–Crippen LogP) is 2.16. The highest BCUT2D eigenvalue weighted by Gasteiger charge is 2.38. The van der Waals surface area contributed by atoms with Gasteiger partial charge in [0.1, 0.15) is 0 Å². The van der Waals surface area contributed by atoms with E-state index in [1.54, 1.807) is 0 Å². The number of amides is 1. The molecule has 0 radical (unpaired) electrons. The van der Waals surface area contributed by atoms with Crippen LogP contribution in [0.25, 0.3) is 0 Å². The number of likely N-dealkylation sites (N-methyl/N-ethyl adjacent to an activating group) is 1. The van der Waals surface area contributed by atoms with Gasteiger partial charge in [0.25, 0.3) is 0 Å². The number of hydrogen-bond acceptors (Lipinski definition) is 3. The number of hydrogen-bond donors (Lipinski definition) is 1. The van der Waals surface area contributed by atoms with Crippen molar-refractivity contribution in [1.82, 2.24) is 15.1 Å². The van der Waals surface area contributed by atoms with E-state index in [1.165, 1.54) is 0 Å². The second-order valence-corrected chi connectivity index (χ2v) is 6.92. The van der Waals surface area contributed by atoms with Crippen molar-refractivity contribution in [2.75, 3.05) is 26.7 Å². The number of carbonyl (C=O) groups excluding carboxylic acids is 1. The summed E-state index contributed by atoms with van der Waals surface area (Å²) in [6.07, 6.45) is 2.19. The zero-order chi connectivity index (χ0) is 15.3. The van der Waals surface area contributed by atoms with Crippen LogP contribution < -0.4 is 5.32 Å². The third-order valence-electron chi connectivity index (χ3n) is 4.02. The van der Waals surface area contributed by atoms with Gasteiger partial charge < -0.3 is 9.80 Å². The molecule has 20 heavy (non-hydrogen) atoms. The van der Waals surface area contributed by atoms with Gasteiger partial charge in [0, 0.05) is 13.1 Å². The van der Waals surface area contributed by atoms with E-state index in [2.05, 4.69) is 56.8 Å². The summed E-state index contributed by atoms with van der Waals surface area (Å²) in [7, 11) is 2.11. The first-order valence-electron chi connectivity index (χ1n) is 8.10. The lowest BCUT2D eigenvalue weighted by molar-refractivity contribution is -0.130. The lowest BCUT2D eigenvalue weighted by Crippen LogP contribution is -2.42. The normalized spacial score (nSPS) is 23.6. The highest BCUT2D eigenvalue weighted by molar-refractivity contribution is 5.84. The van der Waals surface area contributed by atoms with Gasteiger partial charge >= 0.3 is 0 Å². The third-order valence-corrected chi connectivity index (χ3v) is 4.02. The van der Waals surface area contributed by atoms with E-state index >= 15 is 0 Å². The second kappa shape index (κ2) is 7.99. The first-order valence-corrected chi connectivity index (χ1v) is 8.10. The Bertz CT molecular complexity index is 304. The van der Waals surface area contributed by atoms with Crippen molar-refractivity contribution in [1.29, 1.82) is 0 Å². The summed E-state index contributed by atoms with van der Waals surface area (Å²) < 4.78 is 0. The smallest absolute Gasteiger partial charge is 0.241 e. The summed E-state index contributed by atoms with van der Waals surface area (Å²) in [4.78, 5) is 16.9. The Kier molecular flexibility index (Phi) is 6.96. The molecular weight excluding hydrogens is 250 g/mol. The topological polar surface area (TPSA) is 35.6 Å². The molecule has 1 aliphatic rings. The summed E-state index contributed by atoms with van der Waals surface area (Å²) in [5.41, 5.74) is 0. The maximum atomic E-state index is 12.6. The summed E-state index contributed by atoms with van der Waals surface area (Å²) in [6, 6.07) is 0.0192. The van der Waals surface area contributed by atoms with E-state index in [4.69, 9.17) is 0 Å².